The van der Waals surface area contributed by atoms with Gasteiger partial charge in [-0.1, -0.05) is 24.3 Å². The number of benzene rings is 2. The maximum absolute atomic E-state index is 12.4. The molecule has 1 aromatic heterocycles. The number of imidazole rings is 1. The number of ether oxygens (including phenoxy) is 1. The van der Waals surface area contributed by atoms with Gasteiger partial charge in [0.1, 0.15) is 5.82 Å². The van der Waals surface area contributed by atoms with Gasteiger partial charge in [0.25, 0.3) is 5.91 Å². The van der Waals surface area contributed by atoms with Gasteiger partial charge in [0.05, 0.1) is 5.56 Å². The van der Waals surface area contributed by atoms with E-state index < -0.39 is 12.1 Å². The molecule has 0 aliphatic carbocycles. The highest BCUT2D eigenvalue weighted by Gasteiger charge is 2.20. The third-order valence-corrected chi connectivity index (χ3v) is 4.41. The Balaban J connectivity index is 1.63. The molecule has 3 aromatic rings. The van der Waals surface area contributed by atoms with Crippen LogP contribution in [0, 0.1) is 13.8 Å². The first-order valence-corrected chi connectivity index (χ1v) is 8.63. The van der Waals surface area contributed by atoms with Crippen LogP contribution in [0.2, 0.25) is 0 Å². The molecule has 0 saturated heterocycles. The molecule has 0 spiro atoms. The van der Waals surface area contributed by atoms with Crippen molar-refractivity contribution < 1.29 is 14.3 Å². The lowest BCUT2D eigenvalue weighted by Crippen LogP contribution is -2.30. The van der Waals surface area contributed by atoms with Crippen LogP contribution in [0.25, 0.3) is 11.4 Å². The Morgan fingerprint density at radius 1 is 1.11 bits per heavy atom. The minimum Gasteiger partial charge on any atom is -0.449 e. The first-order valence-electron chi connectivity index (χ1n) is 8.63. The van der Waals surface area contributed by atoms with E-state index in [0.717, 1.165) is 22.5 Å². The summed E-state index contributed by atoms with van der Waals surface area (Å²) in [7, 11) is 0. The molecule has 6 heteroatoms. The third-order valence-electron chi connectivity index (χ3n) is 4.41. The molecule has 0 radical (unpaired) electrons. The number of amides is 1. The number of rotatable bonds is 5. The second-order valence-electron chi connectivity index (χ2n) is 6.30. The summed E-state index contributed by atoms with van der Waals surface area (Å²) in [6.07, 6.45) is 2.48. The molecule has 27 heavy (non-hydrogen) atoms. The quantitative estimate of drug-likeness (QED) is 0.674. The average molecular weight is 363 g/mol. The summed E-state index contributed by atoms with van der Waals surface area (Å²) in [6.45, 7) is 5.46. The lowest BCUT2D eigenvalue weighted by Gasteiger charge is -2.15. The van der Waals surface area contributed by atoms with Crippen molar-refractivity contribution >= 4 is 17.6 Å². The molecule has 2 aromatic carbocycles. The van der Waals surface area contributed by atoms with Crippen LogP contribution in [-0.2, 0) is 9.53 Å². The lowest BCUT2D eigenvalue weighted by atomic mass is 10.1. The van der Waals surface area contributed by atoms with Crippen molar-refractivity contribution in [1.82, 2.24) is 9.97 Å². The summed E-state index contributed by atoms with van der Waals surface area (Å²) in [6, 6.07) is 12.5. The second kappa shape index (κ2) is 7.86. The van der Waals surface area contributed by atoms with Crippen LogP contribution in [0.3, 0.4) is 0 Å². The van der Waals surface area contributed by atoms with Crippen molar-refractivity contribution in [2.24, 2.45) is 0 Å². The highest BCUT2D eigenvalue weighted by molar-refractivity contribution is 5.98. The van der Waals surface area contributed by atoms with Gasteiger partial charge in [0, 0.05) is 23.6 Å². The smallest absolute Gasteiger partial charge is 0.338 e. The summed E-state index contributed by atoms with van der Waals surface area (Å²) >= 11 is 0. The van der Waals surface area contributed by atoms with E-state index in [2.05, 4.69) is 15.3 Å². The van der Waals surface area contributed by atoms with Gasteiger partial charge in [-0.3, -0.25) is 4.79 Å². The van der Waals surface area contributed by atoms with Gasteiger partial charge in [-0.15, -0.1) is 0 Å². The predicted molar refractivity (Wildman–Crippen MR) is 103 cm³/mol. The first kappa shape index (κ1) is 18.4. The van der Waals surface area contributed by atoms with Crippen LogP contribution in [0.1, 0.15) is 28.4 Å². The summed E-state index contributed by atoms with van der Waals surface area (Å²) in [5, 5.41) is 2.81. The van der Waals surface area contributed by atoms with Crippen molar-refractivity contribution in [1.29, 1.82) is 0 Å². The van der Waals surface area contributed by atoms with Crippen molar-refractivity contribution in [3.8, 4) is 11.4 Å². The molecule has 138 valence electrons. The normalized spacial score (nSPS) is 11.7. The summed E-state index contributed by atoms with van der Waals surface area (Å²) in [4.78, 5) is 31.8. The van der Waals surface area contributed by atoms with E-state index in [0.29, 0.717) is 11.3 Å². The van der Waals surface area contributed by atoms with E-state index >= 15 is 0 Å². The molecule has 0 bridgehead atoms. The molecular formula is C21H21N3O3. The van der Waals surface area contributed by atoms with Crippen molar-refractivity contribution in [3.63, 3.8) is 0 Å². The Hall–Kier alpha value is -3.41. The molecule has 1 heterocycles. The highest BCUT2D eigenvalue weighted by atomic mass is 16.5. The van der Waals surface area contributed by atoms with E-state index in [4.69, 9.17) is 4.74 Å². The summed E-state index contributed by atoms with van der Waals surface area (Å²) < 4.78 is 5.30. The number of hydrogen-bond acceptors (Lipinski definition) is 4. The zero-order chi connectivity index (χ0) is 19.4. The number of carbonyl (C=O) groups excluding carboxylic acids is 2. The number of hydrogen-bond donors (Lipinski definition) is 2. The van der Waals surface area contributed by atoms with Crippen LogP contribution < -0.4 is 5.32 Å². The van der Waals surface area contributed by atoms with Crippen molar-refractivity contribution in [3.05, 3.63) is 71.5 Å². The highest BCUT2D eigenvalue weighted by Crippen LogP contribution is 2.19. The van der Waals surface area contributed by atoms with Gasteiger partial charge in [-0.25, -0.2) is 9.78 Å². The van der Waals surface area contributed by atoms with Crippen LogP contribution >= 0.6 is 0 Å². The van der Waals surface area contributed by atoms with Gasteiger partial charge in [0.15, 0.2) is 6.10 Å². The SMILES string of the molecule is Cc1cccc(NC(=O)C(C)OC(=O)c2ccc(-c3ncc[nH]3)cc2)c1C. The molecule has 0 aliphatic heterocycles. The minimum atomic E-state index is -0.915. The number of aromatic nitrogens is 2. The van der Waals surface area contributed by atoms with Crippen molar-refractivity contribution in [2.75, 3.05) is 5.32 Å². The molecule has 6 nitrogen and oxygen atoms in total. The number of nitrogens with one attached hydrogen (secondary N) is 2. The Bertz CT molecular complexity index is 947. The fourth-order valence-corrected chi connectivity index (χ4v) is 2.59. The van der Waals surface area contributed by atoms with Crippen LogP contribution in [0.4, 0.5) is 5.69 Å². The molecule has 1 unspecified atom stereocenters. The topological polar surface area (TPSA) is 84.1 Å². The van der Waals surface area contributed by atoms with E-state index in [9.17, 15) is 9.59 Å². The Morgan fingerprint density at radius 2 is 1.85 bits per heavy atom. The third kappa shape index (κ3) is 4.23. The van der Waals surface area contributed by atoms with Gasteiger partial charge in [0.2, 0.25) is 0 Å². The molecule has 2 N–H and O–H groups in total. The zero-order valence-corrected chi connectivity index (χ0v) is 15.4. The lowest BCUT2D eigenvalue weighted by molar-refractivity contribution is -0.123. The number of aromatic amines is 1. The Kier molecular flexibility index (Phi) is 5.35. The van der Waals surface area contributed by atoms with Gasteiger partial charge < -0.3 is 15.0 Å². The number of anilines is 1. The fraction of sp³-hybridized carbons (Fsp3) is 0.190. The number of nitrogens with zero attached hydrogens (tertiary/aromatic N) is 1. The minimum absolute atomic E-state index is 0.371. The van der Waals surface area contributed by atoms with Crippen LogP contribution in [-0.4, -0.2) is 27.9 Å². The molecule has 1 atom stereocenters. The van der Waals surface area contributed by atoms with Crippen molar-refractivity contribution in [2.45, 2.75) is 26.9 Å². The van der Waals surface area contributed by atoms with E-state index in [1.165, 1.54) is 0 Å². The Labute approximate surface area is 157 Å². The monoisotopic (exact) mass is 363 g/mol. The number of esters is 1. The fourth-order valence-electron chi connectivity index (χ4n) is 2.59. The molecule has 1 amide bonds. The molecule has 0 saturated carbocycles. The van der Waals surface area contributed by atoms with E-state index in [1.54, 1.807) is 43.6 Å². The average Bonchev–Trinajstić information content (AvgIpc) is 3.20. The van der Waals surface area contributed by atoms with Gasteiger partial charge >= 0.3 is 5.97 Å². The number of carbonyl (C=O) groups is 2. The maximum Gasteiger partial charge on any atom is 0.338 e. The number of aryl methyl sites for hydroxylation is 1. The predicted octanol–water partition coefficient (Wildman–Crippen LogP) is 3.88. The second-order valence-corrected chi connectivity index (χ2v) is 6.30. The maximum atomic E-state index is 12.4. The molecule has 0 fully saturated rings. The van der Waals surface area contributed by atoms with Gasteiger partial charge in [-0.05, 0) is 50.1 Å². The standard InChI is InChI=1S/C21H21N3O3/c1-13-5-4-6-18(14(13)2)24-20(25)15(3)27-21(26)17-9-7-16(8-10-17)19-22-11-12-23-19/h4-12,15H,1-3H3,(H,22,23)(H,24,25). The molecule has 0 aliphatic rings. The molecule has 3 rings (SSSR count). The van der Waals surface area contributed by atoms with E-state index in [1.807, 2.05) is 32.0 Å². The largest absolute Gasteiger partial charge is 0.449 e. The number of H-pyrrole nitrogens is 1. The summed E-state index contributed by atoms with van der Waals surface area (Å²) in [5.74, 6) is -0.204. The van der Waals surface area contributed by atoms with Gasteiger partial charge in [-0.2, -0.15) is 0 Å². The summed E-state index contributed by atoms with van der Waals surface area (Å²) in [5.41, 5.74) is 4.01. The zero-order valence-electron chi connectivity index (χ0n) is 15.4. The first-order chi connectivity index (χ1) is 13.0. The Morgan fingerprint density at radius 3 is 2.52 bits per heavy atom. The molecular weight excluding hydrogens is 342 g/mol. The van der Waals surface area contributed by atoms with Crippen LogP contribution in [0.15, 0.2) is 54.9 Å². The van der Waals surface area contributed by atoms with E-state index in [-0.39, 0.29) is 5.91 Å². The van der Waals surface area contributed by atoms with Crippen LogP contribution in [0.5, 0.6) is 0 Å².